The molecule has 3 nitrogen and oxygen atoms in total. The quantitative estimate of drug-likeness (QED) is 0.921. The molecule has 2 rings (SSSR count). The van der Waals surface area contributed by atoms with Crippen LogP contribution < -0.4 is 4.90 Å². The molecule has 0 bridgehead atoms. The number of aliphatic hydroxyl groups is 1. The van der Waals surface area contributed by atoms with Crippen LogP contribution >= 0.6 is 11.6 Å². The topological polar surface area (TPSA) is 36.4 Å². The van der Waals surface area contributed by atoms with Crippen LogP contribution in [0.1, 0.15) is 11.3 Å². The van der Waals surface area contributed by atoms with Gasteiger partial charge in [-0.1, -0.05) is 23.7 Å². The van der Waals surface area contributed by atoms with Crippen LogP contribution in [-0.4, -0.2) is 17.1 Å². The third kappa shape index (κ3) is 2.81. The third-order valence-electron chi connectivity index (χ3n) is 2.79. The van der Waals surface area contributed by atoms with Crippen molar-refractivity contribution in [3.63, 3.8) is 0 Å². The third-order valence-corrected chi connectivity index (χ3v) is 3.14. The Morgan fingerprint density at radius 2 is 2.06 bits per heavy atom. The van der Waals surface area contributed by atoms with Crippen molar-refractivity contribution in [3.05, 3.63) is 58.9 Å². The molecule has 0 aliphatic carbocycles. The number of hydrogen-bond donors (Lipinski definition) is 1. The summed E-state index contributed by atoms with van der Waals surface area (Å²) < 4.78 is 0. The Morgan fingerprint density at radius 1 is 1.22 bits per heavy atom. The highest BCUT2D eigenvalue weighted by molar-refractivity contribution is 6.31. The predicted molar refractivity (Wildman–Crippen MR) is 73.7 cm³/mol. The lowest BCUT2D eigenvalue weighted by Gasteiger charge is -2.22. The fourth-order valence-electron chi connectivity index (χ4n) is 1.88. The fourth-order valence-corrected chi connectivity index (χ4v) is 2.11. The minimum Gasteiger partial charge on any atom is -0.392 e. The molecule has 0 fully saturated rings. The second-order valence-corrected chi connectivity index (χ2v) is 4.48. The van der Waals surface area contributed by atoms with Crippen molar-refractivity contribution in [1.29, 1.82) is 0 Å². The lowest BCUT2D eigenvalue weighted by Crippen LogP contribution is -2.18. The summed E-state index contributed by atoms with van der Waals surface area (Å²) in [6.07, 6.45) is 1.77. The van der Waals surface area contributed by atoms with Crippen molar-refractivity contribution in [2.75, 3.05) is 11.9 Å². The Balaban J connectivity index is 2.24. The van der Waals surface area contributed by atoms with Gasteiger partial charge in [0, 0.05) is 29.5 Å². The lowest BCUT2D eigenvalue weighted by atomic mass is 10.1. The van der Waals surface area contributed by atoms with Crippen LogP contribution in [0.15, 0.2) is 42.6 Å². The van der Waals surface area contributed by atoms with Crippen LogP contribution in [0, 0.1) is 0 Å². The smallest absolute Gasteiger partial charge is 0.0716 e. The van der Waals surface area contributed by atoms with E-state index < -0.39 is 0 Å². The van der Waals surface area contributed by atoms with Crippen molar-refractivity contribution >= 4 is 17.3 Å². The molecule has 0 radical (unpaired) electrons. The number of aliphatic hydroxyl groups excluding tert-OH is 1. The zero-order valence-corrected chi connectivity index (χ0v) is 10.9. The van der Waals surface area contributed by atoms with E-state index in [4.69, 9.17) is 11.6 Å². The van der Waals surface area contributed by atoms with Gasteiger partial charge >= 0.3 is 0 Å². The Labute approximate surface area is 112 Å². The van der Waals surface area contributed by atoms with Crippen LogP contribution in [0.25, 0.3) is 0 Å². The van der Waals surface area contributed by atoms with Crippen molar-refractivity contribution in [2.24, 2.45) is 0 Å². The standard InChI is InChI=1S/C14H15ClN2O/c1-17(9-11-5-2-3-8-16-11)14-7-4-6-13(15)12(14)10-18/h2-8,18H,9-10H2,1H3. The van der Waals surface area contributed by atoms with Gasteiger partial charge in [0.1, 0.15) is 0 Å². The van der Waals surface area contributed by atoms with Gasteiger partial charge in [0.05, 0.1) is 18.8 Å². The molecule has 0 aliphatic heterocycles. The van der Waals surface area contributed by atoms with Gasteiger partial charge in [0.25, 0.3) is 0 Å². The first kappa shape index (κ1) is 12.9. The average Bonchev–Trinajstić information content (AvgIpc) is 2.39. The maximum Gasteiger partial charge on any atom is 0.0716 e. The van der Waals surface area contributed by atoms with Crippen LogP contribution in [0.3, 0.4) is 0 Å². The zero-order chi connectivity index (χ0) is 13.0. The van der Waals surface area contributed by atoms with Crippen LogP contribution in [0.2, 0.25) is 5.02 Å². The second-order valence-electron chi connectivity index (χ2n) is 4.07. The molecule has 0 amide bonds. The SMILES string of the molecule is CN(Cc1ccccn1)c1cccc(Cl)c1CO. The normalized spacial score (nSPS) is 10.4. The maximum atomic E-state index is 9.39. The molecular formula is C14H15ClN2O. The Morgan fingerprint density at radius 3 is 2.72 bits per heavy atom. The number of anilines is 1. The monoisotopic (exact) mass is 262 g/mol. The number of nitrogens with zero attached hydrogens (tertiary/aromatic N) is 2. The van der Waals surface area contributed by atoms with E-state index in [-0.39, 0.29) is 6.61 Å². The summed E-state index contributed by atoms with van der Waals surface area (Å²) in [6.45, 7) is 0.607. The van der Waals surface area contributed by atoms with E-state index in [1.165, 1.54) is 0 Å². The summed E-state index contributed by atoms with van der Waals surface area (Å²) >= 11 is 6.07. The van der Waals surface area contributed by atoms with E-state index in [0.29, 0.717) is 11.6 Å². The van der Waals surface area contributed by atoms with Crippen molar-refractivity contribution < 1.29 is 5.11 Å². The average molecular weight is 263 g/mol. The molecule has 1 aromatic carbocycles. The summed E-state index contributed by atoms with van der Waals surface area (Å²) in [4.78, 5) is 6.31. The molecule has 0 unspecified atom stereocenters. The van der Waals surface area contributed by atoms with Gasteiger partial charge in [-0.3, -0.25) is 4.98 Å². The zero-order valence-electron chi connectivity index (χ0n) is 10.2. The van der Waals surface area contributed by atoms with Gasteiger partial charge in [0.2, 0.25) is 0 Å². The van der Waals surface area contributed by atoms with Gasteiger partial charge in [0.15, 0.2) is 0 Å². The summed E-state index contributed by atoms with van der Waals surface area (Å²) in [7, 11) is 1.96. The highest BCUT2D eigenvalue weighted by Gasteiger charge is 2.10. The van der Waals surface area contributed by atoms with Crippen LogP contribution in [-0.2, 0) is 13.2 Å². The summed E-state index contributed by atoms with van der Waals surface area (Å²) in [5.41, 5.74) is 2.65. The van der Waals surface area contributed by atoms with E-state index in [0.717, 1.165) is 16.9 Å². The molecule has 1 aromatic heterocycles. The number of rotatable bonds is 4. The molecule has 18 heavy (non-hydrogen) atoms. The Kier molecular flexibility index (Phi) is 4.18. The second kappa shape index (κ2) is 5.85. The first-order chi connectivity index (χ1) is 8.72. The molecule has 2 aromatic rings. The van der Waals surface area contributed by atoms with Gasteiger partial charge in [-0.05, 0) is 24.3 Å². The largest absolute Gasteiger partial charge is 0.392 e. The Bertz CT molecular complexity index is 516. The first-order valence-electron chi connectivity index (χ1n) is 5.71. The lowest BCUT2D eigenvalue weighted by molar-refractivity contribution is 0.282. The molecule has 1 N–H and O–H groups in total. The van der Waals surface area contributed by atoms with Crippen molar-refractivity contribution in [2.45, 2.75) is 13.2 Å². The van der Waals surface area contributed by atoms with Gasteiger partial charge in [-0.25, -0.2) is 0 Å². The molecule has 4 heteroatoms. The molecule has 0 saturated heterocycles. The highest BCUT2D eigenvalue weighted by Crippen LogP contribution is 2.27. The van der Waals surface area contributed by atoms with Crippen molar-refractivity contribution in [1.82, 2.24) is 4.98 Å². The summed E-state index contributed by atoms with van der Waals surface area (Å²) in [6, 6.07) is 11.4. The maximum absolute atomic E-state index is 9.39. The minimum absolute atomic E-state index is 0.0679. The van der Waals surface area contributed by atoms with Crippen LogP contribution in [0.4, 0.5) is 5.69 Å². The summed E-state index contributed by atoms with van der Waals surface area (Å²) in [5, 5.41) is 9.97. The van der Waals surface area contributed by atoms with Crippen LogP contribution in [0.5, 0.6) is 0 Å². The van der Waals surface area contributed by atoms with Gasteiger partial charge in [-0.15, -0.1) is 0 Å². The van der Waals surface area contributed by atoms with E-state index >= 15 is 0 Å². The van der Waals surface area contributed by atoms with Gasteiger partial charge in [-0.2, -0.15) is 0 Å². The predicted octanol–water partition coefficient (Wildman–Crippen LogP) is 2.86. The molecule has 0 atom stereocenters. The number of aromatic nitrogens is 1. The molecule has 0 saturated carbocycles. The van der Waals surface area contributed by atoms with Gasteiger partial charge < -0.3 is 10.0 Å². The summed E-state index contributed by atoms with van der Waals surface area (Å²) in [5.74, 6) is 0. The number of hydrogen-bond acceptors (Lipinski definition) is 3. The van der Waals surface area contributed by atoms with E-state index in [1.54, 1.807) is 12.3 Å². The number of pyridine rings is 1. The molecule has 0 spiro atoms. The molecule has 0 aliphatic rings. The Hall–Kier alpha value is -1.58. The van der Waals surface area contributed by atoms with E-state index in [9.17, 15) is 5.11 Å². The number of halogens is 1. The first-order valence-corrected chi connectivity index (χ1v) is 6.09. The fraction of sp³-hybridized carbons (Fsp3) is 0.214. The number of benzene rings is 1. The van der Waals surface area contributed by atoms with E-state index in [1.807, 2.05) is 42.3 Å². The molecular weight excluding hydrogens is 248 g/mol. The molecule has 1 heterocycles. The minimum atomic E-state index is -0.0679. The highest BCUT2D eigenvalue weighted by atomic mass is 35.5. The van der Waals surface area contributed by atoms with Crippen molar-refractivity contribution in [3.8, 4) is 0 Å². The van der Waals surface area contributed by atoms with E-state index in [2.05, 4.69) is 4.98 Å². The molecule has 94 valence electrons.